The number of carbonyl (C=O) groups is 1. The first-order valence-corrected chi connectivity index (χ1v) is 7.87. The van der Waals surface area contributed by atoms with Crippen LogP contribution in [0.1, 0.15) is 5.56 Å². The monoisotopic (exact) mass is 319 g/mol. The number of rotatable bonds is 4. The fourth-order valence-electron chi connectivity index (χ4n) is 2.85. The number of hydrogen-bond donors (Lipinski definition) is 0. The summed E-state index contributed by atoms with van der Waals surface area (Å²) in [4.78, 5) is 14.2. The Morgan fingerprint density at radius 3 is 2.27 bits per heavy atom. The molecule has 1 aromatic rings. The summed E-state index contributed by atoms with van der Waals surface area (Å²) in [5.74, 6) is -2.18. The van der Waals surface area contributed by atoms with Gasteiger partial charge in [-0.3, -0.25) is 9.36 Å². The Morgan fingerprint density at radius 1 is 1.23 bits per heavy atom. The standard InChI is InChI=1S/C14H14N3O4P/c1-17-12-7-5-4-6-11(12)14(13(17)18,10(8-15)9-16)22(19,20-2)21-3/h4-7,10H,1-3H3. The van der Waals surface area contributed by atoms with Crippen LogP contribution < -0.4 is 4.90 Å². The van der Waals surface area contributed by atoms with Crippen molar-refractivity contribution in [2.75, 3.05) is 26.2 Å². The molecule has 0 fully saturated rings. The maximum atomic E-state index is 13.2. The van der Waals surface area contributed by atoms with Crippen molar-refractivity contribution in [3.63, 3.8) is 0 Å². The highest BCUT2D eigenvalue weighted by Crippen LogP contribution is 2.70. The lowest BCUT2D eigenvalue weighted by Crippen LogP contribution is -2.44. The van der Waals surface area contributed by atoms with E-state index in [1.54, 1.807) is 36.4 Å². The fraction of sp³-hybridized carbons (Fsp3) is 0.357. The summed E-state index contributed by atoms with van der Waals surface area (Å²) in [6, 6.07) is 10.1. The van der Waals surface area contributed by atoms with Gasteiger partial charge in [0.1, 0.15) is 0 Å². The highest BCUT2D eigenvalue weighted by Gasteiger charge is 2.68. The molecule has 0 aliphatic carbocycles. The van der Waals surface area contributed by atoms with Crippen LogP contribution in [-0.4, -0.2) is 27.2 Å². The smallest absolute Gasteiger partial charge is 0.314 e. The molecule has 0 saturated carbocycles. The van der Waals surface area contributed by atoms with Crippen LogP contribution in [0.4, 0.5) is 5.69 Å². The molecule has 22 heavy (non-hydrogen) atoms. The molecule has 1 aromatic carbocycles. The van der Waals surface area contributed by atoms with Gasteiger partial charge in [-0.2, -0.15) is 10.5 Å². The number of carbonyl (C=O) groups excluding carboxylic acids is 1. The summed E-state index contributed by atoms with van der Waals surface area (Å²) < 4.78 is 23.2. The number of para-hydroxylation sites is 1. The van der Waals surface area contributed by atoms with Crippen LogP contribution in [-0.2, 0) is 23.6 Å². The Kier molecular flexibility index (Phi) is 4.08. The molecule has 2 rings (SSSR count). The van der Waals surface area contributed by atoms with E-state index in [1.807, 2.05) is 0 Å². The molecular weight excluding hydrogens is 305 g/mol. The van der Waals surface area contributed by atoms with Gasteiger partial charge >= 0.3 is 7.60 Å². The number of hydrogen-bond acceptors (Lipinski definition) is 6. The zero-order valence-corrected chi connectivity index (χ0v) is 13.2. The molecule has 0 bridgehead atoms. The molecule has 1 unspecified atom stereocenters. The minimum Gasteiger partial charge on any atom is -0.314 e. The highest BCUT2D eigenvalue weighted by molar-refractivity contribution is 7.56. The van der Waals surface area contributed by atoms with Crippen LogP contribution in [0.5, 0.6) is 0 Å². The predicted octanol–water partition coefficient (Wildman–Crippen LogP) is 2.01. The molecule has 1 heterocycles. The van der Waals surface area contributed by atoms with Gasteiger partial charge in [-0.1, -0.05) is 18.2 Å². The second-order valence-corrected chi connectivity index (χ2v) is 7.13. The number of likely N-dealkylation sites (N-methyl/N-ethyl adjacent to an activating group) is 1. The van der Waals surface area contributed by atoms with Gasteiger partial charge in [-0.05, 0) is 6.07 Å². The van der Waals surface area contributed by atoms with Gasteiger partial charge in [0, 0.05) is 32.5 Å². The van der Waals surface area contributed by atoms with Crippen LogP contribution in [0.3, 0.4) is 0 Å². The molecule has 0 radical (unpaired) electrons. The van der Waals surface area contributed by atoms with Crippen molar-refractivity contribution >= 4 is 19.2 Å². The summed E-state index contributed by atoms with van der Waals surface area (Å²) in [7, 11) is -0.359. The Labute approximate surface area is 128 Å². The number of anilines is 1. The molecule has 1 aliphatic rings. The quantitative estimate of drug-likeness (QED) is 0.786. The summed E-state index contributed by atoms with van der Waals surface area (Å²) in [6.45, 7) is 0. The average molecular weight is 319 g/mol. The molecule has 1 aliphatic heterocycles. The third-order valence-corrected chi connectivity index (χ3v) is 6.41. The first-order chi connectivity index (χ1) is 10.4. The fourth-order valence-corrected chi connectivity index (χ4v) is 4.87. The third kappa shape index (κ3) is 1.74. The average Bonchev–Trinajstić information content (AvgIpc) is 2.79. The minimum absolute atomic E-state index is 0.294. The largest absolute Gasteiger partial charge is 0.352 e. The molecule has 114 valence electrons. The zero-order chi connectivity index (χ0) is 16.5. The number of nitriles is 2. The summed E-state index contributed by atoms with van der Waals surface area (Å²) in [6.07, 6.45) is 0. The first-order valence-electron chi connectivity index (χ1n) is 6.33. The van der Waals surface area contributed by atoms with Crippen LogP contribution >= 0.6 is 7.60 Å². The van der Waals surface area contributed by atoms with E-state index in [1.165, 1.54) is 11.9 Å². The van der Waals surface area contributed by atoms with E-state index in [0.717, 1.165) is 14.2 Å². The van der Waals surface area contributed by atoms with Gasteiger partial charge in [0.15, 0.2) is 5.92 Å². The molecule has 0 N–H and O–H groups in total. The highest BCUT2D eigenvalue weighted by atomic mass is 31.2. The molecule has 0 aromatic heterocycles. The second-order valence-electron chi connectivity index (χ2n) is 4.70. The lowest BCUT2D eigenvalue weighted by atomic mass is 9.87. The Hall–Kier alpha value is -2.18. The number of benzene rings is 1. The summed E-state index contributed by atoms with van der Waals surface area (Å²) in [5.41, 5.74) is 0.764. The lowest BCUT2D eigenvalue weighted by Gasteiger charge is -2.33. The Bertz CT molecular complexity index is 729. The summed E-state index contributed by atoms with van der Waals surface area (Å²) >= 11 is 0. The van der Waals surface area contributed by atoms with Crippen molar-refractivity contribution in [2.45, 2.75) is 5.16 Å². The molecule has 1 amide bonds. The normalized spacial score (nSPS) is 20.6. The van der Waals surface area contributed by atoms with Gasteiger partial charge in [0.2, 0.25) is 5.16 Å². The molecule has 7 nitrogen and oxygen atoms in total. The zero-order valence-electron chi connectivity index (χ0n) is 12.3. The van der Waals surface area contributed by atoms with Gasteiger partial charge in [0.25, 0.3) is 5.91 Å². The van der Waals surface area contributed by atoms with Crippen LogP contribution in [0.2, 0.25) is 0 Å². The van der Waals surface area contributed by atoms with Crippen molar-refractivity contribution in [3.05, 3.63) is 29.8 Å². The maximum absolute atomic E-state index is 13.2. The molecule has 8 heteroatoms. The van der Waals surface area contributed by atoms with Crippen molar-refractivity contribution in [1.29, 1.82) is 10.5 Å². The van der Waals surface area contributed by atoms with Crippen molar-refractivity contribution in [2.24, 2.45) is 5.92 Å². The molecule has 0 saturated heterocycles. The molecule has 1 atom stereocenters. The lowest BCUT2D eigenvalue weighted by molar-refractivity contribution is -0.121. The van der Waals surface area contributed by atoms with E-state index in [2.05, 4.69) is 0 Å². The predicted molar refractivity (Wildman–Crippen MR) is 77.9 cm³/mol. The van der Waals surface area contributed by atoms with Crippen LogP contribution in [0.15, 0.2) is 24.3 Å². The first kappa shape index (κ1) is 16.2. The molecule has 0 spiro atoms. The van der Waals surface area contributed by atoms with Crippen LogP contribution in [0.25, 0.3) is 0 Å². The Morgan fingerprint density at radius 2 is 1.77 bits per heavy atom. The van der Waals surface area contributed by atoms with Crippen molar-refractivity contribution in [1.82, 2.24) is 0 Å². The van der Waals surface area contributed by atoms with Gasteiger partial charge in [-0.25, -0.2) is 0 Å². The summed E-state index contributed by atoms with van der Waals surface area (Å²) in [5, 5.41) is 16.7. The maximum Gasteiger partial charge on any atom is 0.352 e. The third-order valence-electron chi connectivity index (χ3n) is 3.90. The van der Waals surface area contributed by atoms with Crippen LogP contribution in [0, 0.1) is 28.6 Å². The second kappa shape index (κ2) is 5.55. The van der Waals surface area contributed by atoms with Crippen molar-refractivity contribution in [3.8, 4) is 12.1 Å². The van der Waals surface area contributed by atoms with E-state index >= 15 is 0 Å². The van der Waals surface area contributed by atoms with Crippen molar-refractivity contribution < 1.29 is 18.4 Å². The van der Waals surface area contributed by atoms with E-state index in [4.69, 9.17) is 9.05 Å². The number of nitrogens with zero attached hydrogens (tertiary/aromatic N) is 3. The SMILES string of the molecule is COP(=O)(OC)C1(C(C#N)C#N)C(=O)N(C)c2ccccc21. The van der Waals surface area contributed by atoms with Gasteiger partial charge in [0.05, 0.1) is 12.1 Å². The topological polar surface area (TPSA) is 103 Å². The van der Waals surface area contributed by atoms with E-state index in [-0.39, 0.29) is 0 Å². The Balaban J connectivity index is 2.94. The molecular formula is C14H14N3O4P. The van der Waals surface area contributed by atoms with Gasteiger partial charge < -0.3 is 13.9 Å². The van der Waals surface area contributed by atoms with E-state index in [9.17, 15) is 19.9 Å². The van der Waals surface area contributed by atoms with Gasteiger partial charge in [-0.15, -0.1) is 0 Å². The number of fused-ring (bicyclic) bond motifs is 1. The van der Waals surface area contributed by atoms with E-state index < -0.39 is 24.6 Å². The van der Waals surface area contributed by atoms with E-state index in [0.29, 0.717) is 11.3 Å². The number of amides is 1. The minimum atomic E-state index is -4.11.